The average Bonchev–Trinajstić information content (AvgIpc) is 3.00. The molecule has 4 heteroatoms. The Morgan fingerprint density at radius 3 is 2.71 bits per heavy atom. The fourth-order valence-corrected chi connectivity index (χ4v) is 4.40. The lowest BCUT2D eigenvalue weighted by molar-refractivity contribution is 1.13. The maximum atomic E-state index is 4.35. The second kappa shape index (κ2) is 5.04. The number of pyridine rings is 1. The number of rotatable bonds is 3. The van der Waals surface area contributed by atoms with Crippen molar-refractivity contribution in [2.75, 3.05) is 0 Å². The molecule has 0 aliphatic heterocycles. The predicted octanol–water partition coefficient (Wildman–Crippen LogP) is 5.02. The molecule has 0 radical (unpaired) electrons. The second-order valence-electron chi connectivity index (χ2n) is 3.36. The van der Waals surface area contributed by atoms with Crippen LogP contribution in [0.25, 0.3) is 9.75 Å². The zero-order chi connectivity index (χ0) is 11.5. The van der Waals surface area contributed by atoms with Gasteiger partial charge in [0.2, 0.25) is 0 Å². The lowest BCUT2D eigenvalue weighted by atomic mass is 10.4. The minimum absolute atomic E-state index is 1.05. The fourth-order valence-electron chi connectivity index (χ4n) is 1.49. The van der Waals surface area contributed by atoms with Crippen LogP contribution in [0.1, 0.15) is 0 Å². The molecule has 1 nitrogen and oxygen atoms in total. The van der Waals surface area contributed by atoms with Crippen molar-refractivity contribution in [3.8, 4) is 9.75 Å². The Morgan fingerprint density at radius 1 is 0.941 bits per heavy atom. The van der Waals surface area contributed by atoms with Crippen molar-refractivity contribution >= 4 is 34.4 Å². The van der Waals surface area contributed by atoms with Crippen LogP contribution in [-0.4, -0.2) is 4.98 Å². The second-order valence-corrected chi connectivity index (χ2v) is 6.29. The van der Waals surface area contributed by atoms with Gasteiger partial charge in [0.1, 0.15) is 5.03 Å². The Morgan fingerprint density at radius 2 is 1.94 bits per heavy atom. The van der Waals surface area contributed by atoms with E-state index in [0.29, 0.717) is 0 Å². The molecule has 0 N–H and O–H groups in total. The molecule has 0 spiro atoms. The molecule has 3 rings (SSSR count). The van der Waals surface area contributed by atoms with E-state index >= 15 is 0 Å². The lowest BCUT2D eigenvalue weighted by Crippen LogP contribution is -1.77. The molecule has 0 aromatic carbocycles. The molecule has 0 unspecified atom stereocenters. The molecular formula is C13H9NS3. The van der Waals surface area contributed by atoms with Gasteiger partial charge < -0.3 is 0 Å². The molecule has 0 amide bonds. The van der Waals surface area contributed by atoms with Crippen LogP contribution in [0.2, 0.25) is 0 Å². The third-order valence-corrected chi connectivity index (χ3v) is 5.33. The normalized spacial score (nSPS) is 10.6. The van der Waals surface area contributed by atoms with Gasteiger partial charge >= 0.3 is 0 Å². The monoisotopic (exact) mass is 275 g/mol. The number of nitrogens with zero attached hydrogens (tertiary/aromatic N) is 1. The Kier molecular flexibility index (Phi) is 3.27. The first-order valence-corrected chi connectivity index (χ1v) is 7.71. The zero-order valence-corrected chi connectivity index (χ0v) is 11.3. The van der Waals surface area contributed by atoms with E-state index in [9.17, 15) is 0 Å². The van der Waals surface area contributed by atoms with Gasteiger partial charge in [-0.2, -0.15) is 0 Å². The van der Waals surface area contributed by atoms with Crippen molar-refractivity contribution in [2.24, 2.45) is 0 Å². The summed E-state index contributed by atoms with van der Waals surface area (Å²) in [7, 11) is 0. The molecular weight excluding hydrogens is 266 g/mol. The fraction of sp³-hybridized carbons (Fsp3) is 0. The first kappa shape index (κ1) is 11.0. The summed E-state index contributed by atoms with van der Waals surface area (Å²) in [6.07, 6.45) is 1.83. The number of aromatic nitrogens is 1. The molecule has 0 saturated carbocycles. The topological polar surface area (TPSA) is 12.9 Å². The van der Waals surface area contributed by atoms with Gasteiger partial charge in [0.25, 0.3) is 0 Å². The van der Waals surface area contributed by atoms with E-state index in [-0.39, 0.29) is 0 Å². The van der Waals surface area contributed by atoms with Gasteiger partial charge in [-0.25, -0.2) is 4.98 Å². The Bertz CT molecular complexity index is 584. The van der Waals surface area contributed by atoms with Crippen molar-refractivity contribution in [2.45, 2.75) is 9.92 Å². The standard InChI is InChI=1S/C13H9NS3/c1-2-7-14-12(5-1)17-11-6-9-16-13(11)10-4-3-8-15-10/h1-9H. The summed E-state index contributed by atoms with van der Waals surface area (Å²) in [6, 6.07) is 12.4. The predicted molar refractivity (Wildman–Crippen MR) is 76.0 cm³/mol. The van der Waals surface area contributed by atoms with Gasteiger partial charge in [-0.3, -0.25) is 0 Å². The molecule has 0 aliphatic rings. The minimum atomic E-state index is 1.05. The van der Waals surface area contributed by atoms with Crippen LogP contribution < -0.4 is 0 Å². The van der Waals surface area contributed by atoms with E-state index < -0.39 is 0 Å². The van der Waals surface area contributed by atoms with Gasteiger partial charge in [-0.1, -0.05) is 23.9 Å². The number of hydrogen-bond acceptors (Lipinski definition) is 4. The Labute approximate surface area is 112 Å². The van der Waals surface area contributed by atoms with E-state index in [2.05, 4.69) is 33.9 Å². The van der Waals surface area contributed by atoms with Gasteiger partial charge in [0, 0.05) is 16.0 Å². The van der Waals surface area contributed by atoms with E-state index in [4.69, 9.17) is 0 Å². The maximum absolute atomic E-state index is 4.35. The first-order chi connectivity index (χ1) is 8.43. The molecule has 0 saturated heterocycles. The van der Waals surface area contributed by atoms with Gasteiger partial charge in [-0.05, 0) is 35.0 Å². The molecule has 0 bridgehead atoms. The lowest BCUT2D eigenvalue weighted by Gasteiger charge is -2.00. The Balaban J connectivity index is 1.92. The third-order valence-electron chi connectivity index (χ3n) is 2.23. The molecule has 3 aromatic heterocycles. The molecule has 0 fully saturated rings. The highest BCUT2D eigenvalue weighted by Crippen LogP contribution is 2.40. The summed E-state index contributed by atoms with van der Waals surface area (Å²) in [5.41, 5.74) is 0. The summed E-state index contributed by atoms with van der Waals surface area (Å²) in [5.74, 6) is 0. The molecule has 3 aromatic rings. The van der Waals surface area contributed by atoms with Gasteiger partial charge in [-0.15, -0.1) is 22.7 Å². The maximum Gasteiger partial charge on any atom is 0.101 e. The van der Waals surface area contributed by atoms with Crippen molar-refractivity contribution in [1.29, 1.82) is 0 Å². The van der Waals surface area contributed by atoms with Gasteiger partial charge in [0.05, 0.1) is 4.88 Å². The van der Waals surface area contributed by atoms with E-state index in [1.165, 1.54) is 14.6 Å². The van der Waals surface area contributed by atoms with Crippen LogP contribution >= 0.6 is 34.4 Å². The number of thiophene rings is 2. The van der Waals surface area contributed by atoms with E-state index in [0.717, 1.165) is 5.03 Å². The average molecular weight is 275 g/mol. The highest BCUT2D eigenvalue weighted by atomic mass is 32.2. The van der Waals surface area contributed by atoms with E-state index in [1.54, 1.807) is 34.4 Å². The molecule has 0 atom stereocenters. The zero-order valence-electron chi connectivity index (χ0n) is 8.87. The van der Waals surface area contributed by atoms with Crippen LogP contribution in [0.3, 0.4) is 0 Å². The largest absolute Gasteiger partial charge is 0.250 e. The SMILES string of the molecule is c1ccc(Sc2ccsc2-c2cccs2)nc1. The molecule has 17 heavy (non-hydrogen) atoms. The molecule has 3 heterocycles. The highest BCUT2D eigenvalue weighted by molar-refractivity contribution is 7.99. The summed E-state index contributed by atoms with van der Waals surface area (Å²) in [4.78, 5) is 8.31. The van der Waals surface area contributed by atoms with Crippen LogP contribution in [0.15, 0.2) is 63.3 Å². The van der Waals surface area contributed by atoms with Crippen LogP contribution in [0.4, 0.5) is 0 Å². The molecule has 84 valence electrons. The summed E-state index contributed by atoms with van der Waals surface area (Å²) >= 11 is 5.30. The summed E-state index contributed by atoms with van der Waals surface area (Å²) in [5, 5.41) is 5.30. The quantitative estimate of drug-likeness (QED) is 0.665. The van der Waals surface area contributed by atoms with Crippen LogP contribution in [-0.2, 0) is 0 Å². The summed E-state index contributed by atoms with van der Waals surface area (Å²) in [6.45, 7) is 0. The molecule has 0 aliphatic carbocycles. The number of hydrogen-bond donors (Lipinski definition) is 0. The Hall–Kier alpha value is -1.10. The van der Waals surface area contributed by atoms with Crippen molar-refractivity contribution < 1.29 is 0 Å². The van der Waals surface area contributed by atoms with Crippen LogP contribution in [0.5, 0.6) is 0 Å². The van der Waals surface area contributed by atoms with Gasteiger partial charge in [0.15, 0.2) is 0 Å². The van der Waals surface area contributed by atoms with Crippen molar-refractivity contribution in [3.63, 3.8) is 0 Å². The van der Waals surface area contributed by atoms with Crippen molar-refractivity contribution in [3.05, 3.63) is 53.4 Å². The van der Waals surface area contributed by atoms with Crippen LogP contribution in [0, 0.1) is 0 Å². The minimum Gasteiger partial charge on any atom is -0.250 e. The van der Waals surface area contributed by atoms with Crippen molar-refractivity contribution in [1.82, 2.24) is 4.98 Å². The summed E-state index contributed by atoms with van der Waals surface area (Å²) < 4.78 is 0. The third kappa shape index (κ3) is 2.44. The van der Waals surface area contributed by atoms with E-state index in [1.807, 2.05) is 24.4 Å². The first-order valence-electron chi connectivity index (χ1n) is 5.14. The highest BCUT2D eigenvalue weighted by Gasteiger charge is 2.09. The smallest absolute Gasteiger partial charge is 0.101 e.